The maximum atomic E-state index is 11.3. The summed E-state index contributed by atoms with van der Waals surface area (Å²) in [6, 6.07) is -0.588. The van der Waals surface area contributed by atoms with Crippen molar-refractivity contribution in [3.05, 3.63) is 21.6 Å². The molecule has 0 radical (unpaired) electrons. The Bertz CT molecular complexity index is 509. The molecule has 1 fully saturated rings. The van der Waals surface area contributed by atoms with Crippen LogP contribution in [0.25, 0.3) is 0 Å². The summed E-state index contributed by atoms with van der Waals surface area (Å²) in [5, 5.41) is 10.7. The lowest BCUT2D eigenvalue weighted by Gasteiger charge is -2.22. The fourth-order valence-electron chi connectivity index (χ4n) is 2.03. The van der Waals surface area contributed by atoms with Crippen molar-refractivity contribution < 1.29 is 9.72 Å². The Balaban J connectivity index is 2.48. The second kappa shape index (κ2) is 4.73. The number of nitrogens with two attached hydrogens (primary N) is 1. The highest BCUT2D eigenvalue weighted by molar-refractivity contribution is 6.31. The number of hydrogen-bond donors (Lipinski definition) is 1. The molecule has 0 aromatic carbocycles. The average molecular weight is 272 g/mol. The highest BCUT2D eigenvalue weighted by Gasteiger charge is 2.35. The number of carbonyl (C=O) groups is 1. The topological polar surface area (TPSA) is 115 Å². The van der Waals surface area contributed by atoms with E-state index in [0.717, 1.165) is 6.33 Å². The number of aromatic nitrogens is 2. The van der Waals surface area contributed by atoms with Crippen LogP contribution >= 0.6 is 11.6 Å². The van der Waals surface area contributed by atoms with Crippen molar-refractivity contribution in [1.82, 2.24) is 9.97 Å². The molecule has 18 heavy (non-hydrogen) atoms. The first-order valence-electron chi connectivity index (χ1n) is 5.23. The van der Waals surface area contributed by atoms with Gasteiger partial charge in [0.2, 0.25) is 16.9 Å². The fraction of sp³-hybridized carbons (Fsp3) is 0.444. The van der Waals surface area contributed by atoms with Gasteiger partial charge in [-0.3, -0.25) is 14.9 Å². The van der Waals surface area contributed by atoms with E-state index in [1.54, 1.807) is 0 Å². The molecule has 1 aromatic heterocycles. The molecule has 1 unspecified atom stereocenters. The van der Waals surface area contributed by atoms with Gasteiger partial charge in [0.1, 0.15) is 12.4 Å². The second-order valence-electron chi connectivity index (χ2n) is 3.85. The SMILES string of the molecule is NC(=O)C1CCCN1c1ncnc(Cl)c1[N+](=O)[O-]. The number of primary amides is 1. The van der Waals surface area contributed by atoms with Gasteiger partial charge in [0.15, 0.2) is 0 Å². The number of halogens is 1. The Labute approximate surface area is 107 Å². The van der Waals surface area contributed by atoms with Crippen molar-refractivity contribution in [1.29, 1.82) is 0 Å². The van der Waals surface area contributed by atoms with Crippen LogP contribution in [0.4, 0.5) is 11.5 Å². The summed E-state index contributed by atoms with van der Waals surface area (Å²) in [4.78, 5) is 30.5. The Morgan fingerprint density at radius 3 is 2.94 bits per heavy atom. The number of nitrogens with zero attached hydrogens (tertiary/aromatic N) is 4. The van der Waals surface area contributed by atoms with Gasteiger partial charge in [-0.2, -0.15) is 0 Å². The minimum atomic E-state index is -0.659. The summed E-state index contributed by atoms with van der Waals surface area (Å²) >= 11 is 5.69. The number of carbonyl (C=O) groups excluding carboxylic acids is 1. The smallest absolute Gasteiger partial charge is 0.348 e. The largest absolute Gasteiger partial charge is 0.368 e. The monoisotopic (exact) mass is 271 g/mol. The summed E-state index contributed by atoms with van der Waals surface area (Å²) in [6.07, 6.45) is 2.39. The van der Waals surface area contributed by atoms with Crippen LogP contribution in [0.2, 0.25) is 5.15 Å². The maximum absolute atomic E-state index is 11.3. The van der Waals surface area contributed by atoms with Gasteiger partial charge in [0.25, 0.3) is 0 Å². The number of nitro groups is 1. The number of amides is 1. The van der Waals surface area contributed by atoms with E-state index in [0.29, 0.717) is 19.4 Å². The molecule has 1 aliphatic heterocycles. The Morgan fingerprint density at radius 2 is 2.33 bits per heavy atom. The molecular weight excluding hydrogens is 262 g/mol. The summed E-state index contributed by atoms with van der Waals surface area (Å²) in [5.41, 5.74) is 4.87. The molecule has 0 bridgehead atoms. The Hall–Kier alpha value is -1.96. The molecule has 0 saturated carbocycles. The molecule has 0 aliphatic carbocycles. The first-order chi connectivity index (χ1) is 8.52. The summed E-state index contributed by atoms with van der Waals surface area (Å²) in [6.45, 7) is 0.474. The van der Waals surface area contributed by atoms with E-state index in [4.69, 9.17) is 17.3 Å². The minimum absolute atomic E-state index is 0.0429. The van der Waals surface area contributed by atoms with Crippen LogP contribution < -0.4 is 10.6 Å². The molecule has 1 saturated heterocycles. The van der Waals surface area contributed by atoms with Gasteiger partial charge in [0, 0.05) is 6.54 Å². The first-order valence-corrected chi connectivity index (χ1v) is 5.61. The third kappa shape index (κ3) is 2.06. The quantitative estimate of drug-likeness (QED) is 0.486. The molecule has 8 nitrogen and oxygen atoms in total. The molecule has 1 aliphatic rings. The highest BCUT2D eigenvalue weighted by Crippen LogP contribution is 2.35. The van der Waals surface area contributed by atoms with Crippen molar-refractivity contribution in [3.8, 4) is 0 Å². The van der Waals surface area contributed by atoms with E-state index >= 15 is 0 Å². The lowest BCUT2D eigenvalue weighted by molar-refractivity contribution is -0.384. The molecule has 96 valence electrons. The van der Waals surface area contributed by atoms with Gasteiger partial charge >= 0.3 is 5.69 Å². The zero-order valence-electron chi connectivity index (χ0n) is 9.24. The molecule has 1 aromatic rings. The van der Waals surface area contributed by atoms with Gasteiger partial charge in [-0.25, -0.2) is 9.97 Å². The number of anilines is 1. The van der Waals surface area contributed by atoms with Crippen LogP contribution in [0.1, 0.15) is 12.8 Å². The lowest BCUT2D eigenvalue weighted by atomic mass is 10.2. The molecule has 2 heterocycles. The van der Waals surface area contributed by atoms with E-state index < -0.39 is 22.6 Å². The maximum Gasteiger partial charge on any atom is 0.348 e. The zero-order chi connectivity index (χ0) is 13.3. The normalized spacial score (nSPS) is 18.9. The van der Waals surface area contributed by atoms with Gasteiger partial charge in [0.05, 0.1) is 4.92 Å². The Morgan fingerprint density at radius 1 is 1.61 bits per heavy atom. The zero-order valence-corrected chi connectivity index (χ0v) is 10.0. The predicted molar refractivity (Wildman–Crippen MR) is 63.3 cm³/mol. The summed E-state index contributed by atoms with van der Waals surface area (Å²) in [5.74, 6) is -0.488. The Kier molecular flexibility index (Phi) is 3.28. The standard InChI is InChI=1S/C9H10ClN5O3/c10-7-6(15(17)18)9(13-4-12-7)14-3-1-2-5(14)8(11)16/h4-5H,1-3H2,(H2,11,16). The third-order valence-corrected chi connectivity index (χ3v) is 3.07. The van der Waals surface area contributed by atoms with Crippen LogP contribution in [0.15, 0.2) is 6.33 Å². The van der Waals surface area contributed by atoms with E-state index in [1.165, 1.54) is 4.90 Å². The molecule has 2 N–H and O–H groups in total. The summed E-state index contributed by atoms with van der Waals surface area (Å²) < 4.78 is 0. The van der Waals surface area contributed by atoms with Crippen LogP contribution in [0.5, 0.6) is 0 Å². The molecule has 9 heteroatoms. The van der Waals surface area contributed by atoms with Crippen molar-refractivity contribution in [2.45, 2.75) is 18.9 Å². The number of hydrogen-bond acceptors (Lipinski definition) is 6. The second-order valence-corrected chi connectivity index (χ2v) is 4.21. The summed E-state index contributed by atoms with van der Waals surface area (Å²) in [7, 11) is 0. The van der Waals surface area contributed by atoms with Crippen molar-refractivity contribution in [3.63, 3.8) is 0 Å². The highest BCUT2D eigenvalue weighted by atomic mass is 35.5. The molecular formula is C9H10ClN5O3. The molecule has 2 rings (SSSR count). The van der Waals surface area contributed by atoms with Crippen molar-refractivity contribution >= 4 is 29.0 Å². The first kappa shape index (κ1) is 12.5. The molecule has 0 spiro atoms. The average Bonchev–Trinajstić information content (AvgIpc) is 2.76. The lowest BCUT2D eigenvalue weighted by Crippen LogP contribution is -2.41. The van der Waals surface area contributed by atoms with Gasteiger partial charge < -0.3 is 10.6 Å². The van der Waals surface area contributed by atoms with Crippen molar-refractivity contribution in [2.75, 3.05) is 11.4 Å². The van der Waals surface area contributed by atoms with Crippen molar-refractivity contribution in [2.24, 2.45) is 5.73 Å². The van der Waals surface area contributed by atoms with E-state index in [2.05, 4.69) is 9.97 Å². The van der Waals surface area contributed by atoms with Gasteiger partial charge in [-0.15, -0.1) is 0 Å². The van der Waals surface area contributed by atoms with Crippen LogP contribution in [0.3, 0.4) is 0 Å². The van der Waals surface area contributed by atoms with Crippen LogP contribution in [-0.4, -0.2) is 33.4 Å². The third-order valence-electron chi connectivity index (χ3n) is 2.79. The molecule has 1 amide bonds. The minimum Gasteiger partial charge on any atom is -0.368 e. The van der Waals surface area contributed by atoms with E-state index in [-0.39, 0.29) is 11.0 Å². The van der Waals surface area contributed by atoms with Crippen LogP contribution in [-0.2, 0) is 4.79 Å². The van der Waals surface area contributed by atoms with E-state index in [1.807, 2.05) is 0 Å². The number of rotatable bonds is 3. The predicted octanol–water partition coefficient (Wildman–Crippen LogP) is 0.492. The van der Waals surface area contributed by atoms with Gasteiger partial charge in [-0.05, 0) is 12.8 Å². The molecule has 1 atom stereocenters. The fourth-order valence-corrected chi connectivity index (χ4v) is 2.23. The van der Waals surface area contributed by atoms with E-state index in [9.17, 15) is 14.9 Å². The van der Waals surface area contributed by atoms with Crippen LogP contribution in [0, 0.1) is 10.1 Å². The van der Waals surface area contributed by atoms with Gasteiger partial charge in [-0.1, -0.05) is 11.6 Å².